The minimum atomic E-state index is -0.314. The predicted octanol–water partition coefficient (Wildman–Crippen LogP) is 3.47. The number of amides is 2. The van der Waals surface area contributed by atoms with Crippen molar-refractivity contribution in [3.05, 3.63) is 39.0 Å². The fourth-order valence-electron chi connectivity index (χ4n) is 2.26. The van der Waals surface area contributed by atoms with Crippen LogP contribution in [-0.4, -0.2) is 27.7 Å². The number of hydrazone groups is 1. The van der Waals surface area contributed by atoms with Gasteiger partial charge in [-0.15, -0.1) is 0 Å². The Morgan fingerprint density at radius 1 is 1.29 bits per heavy atom. The van der Waals surface area contributed by atoms with Gasteiger partial charge in [0.2, 0.25) is 5.91 Å². The first-order valence-corrected chi connectivity index (χ1v) is 7.87. The lowest BCUT2D eigenvalue weighted by Gasteiger charge is -2.15. The lowest BCUT2D eigenvalue weighted by atomic mass is 10.1. The van der Waals surface area contributed by atoms with Crippen molar-refractivity contribution in [1.82, 2.24) is 10.2 Å². The fraction of sp³-hybridized carbons (Fsp3) is 0.143. The molecule has 2 N–H and O–H groups in total. The number of rotatable bonds is 3. The molecule has 2 aromatic rings. The number of nitrogens with one attached hydrogen (secondary N) is 2. The van der Waals surface area contributed by atoms with Crippen LogP contribution in [0.4, 0.5) is 11.5 Å². The summed E-state index contributed by atoms with van der Waals surface area (Å²) in [5.41, 5.74) is 1.20. The molecule has 2 heterocycles. The third-order valence-electron chi connectivity index (χ3n) is 3.21. The topological polar surface area (TPSA) is 90.4 Å². The van der Waals surface area contributed by atoms with Crippen molar-refractivity contribution in [1.29, 1.82) is 0 Å². The zero-order valence-corrected chi connectivity index (χ0v) is 14.5. The van der Waals surface area contributed by atoms with E-state index in [0.717, 1.165) is 5.01 Å². The maximum Gasteiger partial charge on any atom is 0.253 e. The van der Waals surface area contributed by atoms with E-state index in [1.165, 1.54) is 19.1 Å². The summed E-state index contributed by atoms with van der Waals surface area (Å²) < 4.78 is 0. The Balaban J connectivity index is 2.01. The van der Waals surface area contributed by atoms with Crippen LogP contribution in [0.5, 0.6) is 0 Å². The maximum atomic E-state index is 12.3. The number of anilines is 2. The van der Waals surface area contributed by atoms with Gasteiger partial charge in [-0.05, 0) is 12.1 Å². The molecule has 24 heavy (non-hydrogen) atoms. The van der Waals surface area contributed by atoms with Crippen LogP contribution < -0.4 is 10.3 Å². The fourth-order valence-corrected chi connectivity index (χ4v) is 3.24. The largest absolute Gasteiger partial charge is 0.309 e. The van der Waals surface area contributed by atoms with E-state index in [2.05, 4.69) is 20.6 Å². The molecule has 1 aromatic carbocycles. The van der Waals surface area contributed by atoms with Gasteiger partial charge < -0.3 is 5.32 Å². The van der Waals surface area contributed by atoms with Crippen molar-refractivity contribution in [2.45, 2.75) is 13.3 Å². The molecule has 0 saturated heterocycles. The number of hydrogen-bond donors (Lipinski definition) is 2. The number of carbonyl (C=O) groups is 2. The lowest BCUT2D eigenvalue weighted by Crippen LogP contribution is -2.20. The minimum absolute atomic E-state index is 0.0153. The summed E-state index contributed by atoms with van der Waals surface area (Å²) in [5.74, 6) is -0.302. The first-order chi connectivity index (χ1) is 11.4. The summed E-state index contributed by atoms with van der Waals surface area (Å²) in [7, 11) is 0. The Kier molecular flexibility index (Phi) is 4.49. The Morgan fingerprint density at radius 3 is 2.58 bits per heavy atom. The number of carbonyl (C=O) groups excluding carboxylic acids is 2. The van der Waals surface area contributed by atoms with Crippen LogP contribution in [0.3, 0.4) is 0 Å². The molecule has 2 amide bonds. The maximum absolute atomic E-state index is 12.3. The standard InChI is InChI=1S/C14H10Cl3N5O2/c1-6(23)19-14-8(5-18-20-14)11-4-12(24)22(21-11)13-9(16)2-7(15)3-10(13)17/h2-3,5H,4H2,1H3,(H2,18,19,20,23). The van der Waals surface area contributed by atoms with Crippen LogP contribution in [0.25, 0.3) is 0 Å². The Hall–Kier alpha value is -2.09. The normalized spacial score (nSPS) is 14.1. The van der Waals surface area contributed by atoms with Gasteiger partial charge in [0.25, 0.3) is 5.91 Å². The van der Waals surface area contributed by atoms with E-state index in [-0.39, 0.29) is 34.0 Å². The Labute approximate surface area is 151 Å². The highest BCUT2D eigenvalue weighted by Crippen LogP contribution is 2.38. The summed E-state index contributed by atoms with van der Waals surface area (Å²) in [6.07, 6.45) is 1.56. The van der Waals surface area contributed by atoms with Crippen LogP contribution in [0.1, 0.15) is 18.9 Å². The van der Waals surface area contributed by atoms with Gasteiger partial charge in [0.1, 0.15) is 5.69 Å². The van der Waals surface area contributed by atoms with E-state index in [1.807, 2.05) is 0 Å². The van der Waals surface area contributed by atoms with Gasteiger partial charge in [-0.1, -0.05) is 34.8 Å². The summed E-state index contributed by atoms with van der Waals surface area (Å²) in [6.45, 7) is 1.36. The molecule has 1 aromatic heterocycles. The SMILES string of the molecule is CC(=O)Nc1n[nH]cc1C1=NN(c2c(Cl)cc(Cl)cc2Cl)C(=O)C1. The van der Waals surface area contributed by atoms with Gasteiger partial charge in [-0.25, -0.2) is 0 Å². The van der Waals surface area contributed by atoms with E-state index < -0.39 is 0 Å². The summed E-state index contributed by atoms with van der Waals surface area (Å²) >= 11 is 18.2. The molecule has 0 spiro atoms. The molecule has 0 unspecified atom stereocenters. The molecular formula is C14H10Cl3N5O2. The summed E-state index contributed by atoms with van der Waals surface area (Å²) in [5, 5.41) is 15.3. The molecule has 124 valence electrons. The molecule has 0 aliphatic carbocycles. The van der Waals surface area contributed by atoms with Crippen LogP contribution in [-0.2, 0) is 9.59 Å². The number of halogens is 3. The second-order valence-electron chi connectivity index (χ2n) is 4.98. The van der Waals surface area contributed by atoms with Crippen molar-refractivity contribution in [2.75, 3.05) is 10.3 Å². The predicted molar refractivity (Wildman–Crippen MR) is 93.0 cm³/mol. The number of aromatic amines is 1. The molecular weight excluding hydrogens is 377 g/mol. The molecule has 0 atom stereocenters. The van der Waals surface area contributed by atoms with Crippen LogP contribution in [0, 0.1) is 0 Å². The van der Waals surface area contributed by atoms with E-state index in [9.17, 15) is 9.59 Å². The van der Waals surface area contributed by atoms with Crippen molar-refractivity contribution in [2.24, 2.45) is 5.10 Å². The monoisotopic (exact) mass is 385 g/mol. The van der Waals surface area contributed by atoms with Gasteiger partial charge >= 0.3 is 0 Å². The number of benzene rings is 1. The van der Waals surface area contributed by atoms with Crippen LogP contribution in [0.15, 0.2) is 23.4 Å². The van der Waals surface area contributed by atoms with Gasteiger partial charge in [0.05, 0.1) is 27.7 Å². The molecule has 7 nitrogen and oxygen atoms in total. The molecule has 0 saturated carbocycles. The molecule has 0 fully saturated rings. The molecule has 1 aliphatic rings. The van der Waals surface area contributed by atoms with Crippen molar-refractivity contribution in [3.8, 4) is 0 Å². The average molecular weight is 387 g/mol. The number of aromatic nitrogens is 2. The van der Waals surface area contributed by atoms with Crippen LogP contribution in [0.2, 0.25) is 15.1 Å². The van der Waals surface area contributed by atoms with Gasteiger partial charge in [-0.3, -0.25) is 14.7 Å². The second-order valence-corrected chi connectivity index (χ2v) is 6.23. The molecule has 0 radical (unpaired) electrons. The highest BCUT2D eigenvalue weighted by atomic mass is 35.5. The number of hydrogen-bond acceptors (Lipinski definition) is 4. The van der Waals surface area contributed by atoms with Gasteiger partial charge in [-0.2, -0.15) is 15.2 Å². The minimum Gasteiger partial charge on any atom is -0.309 e. The quantitative estimate of drug-likeness (QED) is 0.846. The smallest absolute Gasteiger partial charge is 0.253 e. The zero-order valence-electron chi connectivity index (χ0n) is 12.2. The molecule has 0 bridgehead atoms. The first-order valence-electron chi connectivity index (χ1n) is 6.73. The summed E-state index contributed by atoms with van der Waals surface area (Å²) in [4.78, 5) is 23.6. The number of nitrogens with zero attached hydrogens (tertiary/aromatic N) is 3. The van der Waals surface area contributed by atoms with Gasteiger partial charge in [0.15, 0.2) is 5.82 Å². The summed E-state index contributed by atoms with van der Waals surface area (Å²) in [6, 6.07) is 2.96. The average Bonchev–Trinajstić information content (AvgIpc) is 3.04. The highest BCUT2D eigenvalue weighted by Gasteiger charge is 2.31. The Bertz CT molecular complexity index is 854. The van der Waals surface area contributed by atoms with Crippen LogP contribution >= 0.6 is 34.8 Å². The van der Waals surface area contributed by atoms with E-state index in [4.69, 9.17) is 34.8 Å². The lowest BCUT2D eigenvalue weighted by molar-refractivity contribution is -0.117. The van der Waals surface area contributed by atoms with Crippen molar-refractivity contribution in [3.63, 3.8) is 0 Å². The van der Waals surface area contributed by atoms with Crippen molar-refractivity contribution >= 4 is 63.8 Å². The zero-order chi connectivity index (χ0) is 17.4. The van der Waals surface area contributed by atoms with E-state index in [0.29, 0.717) is 22.1 Å². The molecule has 1 aliphatic heterocycles. The number of H-pyrrole nitrogens is 1. The highest BCUT2D eigenvalue weighted by molar-refractivity contribution is 6.42. The molecule has 3 rings (SSSR count). The third kappa shape index (κ3) is 3.10. The second kappa shape index (κ2) is 6.43. The molecule has 10 heteroatoms. The first kappa shape index (κ1) is 16.8. The van der Waals surface area contributed by atoms with Crippen molar-refractivity contribution < 1.29 is 9.59 Å². The van der Waals surface area contributed by atoms with Gasteiger partial charge in [0, 0.05) is 18.1 Å². The van der Waals surface area contributed by atoms with E-state index in [1.54, 1.807) is 6.20 Å². The van der Waals surface area contributed by atoms with E-state index >= 15 is 0 Å². The third-order valence-corrected chi connectivity index (χ3v) is 4.01. The Morgan fingerprint density at radius 2 is 1.96 bits per heavy atom.